The molecule has 0 radical (unpaired) electrons. The van der Waals surface area contributed by atoms with Crippen LogP contribution in [0.1, 0.15) is 5.56 Å². The van der Waals surface area contributed by atoms with Gasteiger partial charge in [0.1, 0.15) is 0 Å². The van der Waals surface area contributed by atoms with Crippen molar-refractivity contribution < 1.29 is 4.54 Å². The number of nitrogens with one attached hydrogen (secondary N) is 1. The molecule has 0 amide bonds. The Morgan fingerprint density at radius 2 is 2.36 bits per heavy atom. The summed E-state index contributed by atoms with van der Waals surface area (Å²) in [6.45, 7) is 1.87. The van der Waals surface area contributed by atoms with E-state index < -0.39 is 0 Å². The Kier molecular flexibility index (Phi) is 1.91. The molecule has 0 aliphatic carbocycles. The standard InChI is InChI=1S/C6H11N4O/c1-5-3-4-10(11)8-6(5)9(2)7/h3-4H,7H2,1-2H3,(H,8,11)/q+1. The molecule has 0 bridgehead atoms. The van der Waals surface area contributed by atoms with Crippen molar-refractivity contribution in [1.82, 2.24) is 5.10 Å². The second kappa shape index (κ2) is 2.71. The molecule has 1 rings (SSSR count). The third-order valence-electron chi connectivity index (χ3n) is 1.40. The van der Waals surface area contributed by atoms with Gasteiger partial charge in [0.15, 0.2) is 10.4 Å². The van der Waals surface area contributed by atoms with Crippen LogP contribution in [0.25, 0.3) is 0 Å². The molecule has 11 heavy (non-hydrogen) atoms. The van der Waals surface area contributed by atoms with Gasteiger partial charge in [-0.1, -0.05) is 5.10 Å². The fourth-order valence-electron chi connectivity index (χ4n) is 0.845. The second-order valence-corrected chi connectivity index (χ2v) is 2.40. The van der Waals surface area contributed by atoms with Gasteiger partial charge in [-0.15, -0.1) is 0 Å². The van der Waals surface area contributed by atoms with Gasteiger partial charge in [-0.3, -0.25) is 5.01 Å². The maximum atomic E-state index is 10.7. The van der Waals surface area contributed by atoms with Crippen LogP contribution >= 0.6 is 0 Å². The van der Waals surface area contributed by atoms with E-state index >= 15 is 0 Å². The van der Waals surface area contributed by atoms with Crippen LogP contribution in [0.5, 0.6) is 0 Å². The van der Waals surface area contributed by atoms with E-state index in [0.29, 0.717) is 10.4 Å². The minimum Gasteiger partial charge on any atom is -0.295 e. The van der Waals surface area contributed by atoms with Crippen molar-refractivity contribution in [2.45, 2.75) is 6.92 Å². The normalized spacial score (nSPS) is 9.73. The van der Waals surface area contributed by atoms with Crippen molar-refractivity contribution in [2.75, 3.05) is 12.1 Å². The molecule has 0 saturated carbocycles. The quantitative estimate of drug-likeness (QED) is 0.328. The third-order valence-corrected chi connectivity index (χ3v) is 1.40. The predicted molar refractivity (Wildman–Crippen MR) is 41.5 cm³/mol. The van der Waals surface area contributed by atoms with E-state index in [-0.39, 0.29) is 0 Å². The highest BCUT2D eigenvalue weighted by molar-refractivity contribution is 5.40. The lowest BCUT2D eigenvalue weighted by atomic mass is 10.3. The molecule has 0 saturated heterocycles. The smallest absolute Gasteiger partial charge is 0.257 e. The SMILES string of the molecule is Cc1cc[n+](=O)[nH]c1N(C)N. The Morgan fingerprint density at radius 1 is 1.73 bits per heavy atom. The van der Waals surface area contributed by atoms with Crippen molar-refractivity contribution >= 4 is 5.82 Å². The monoisotopic (exact) mass is 155 g/mol. The van der Waals surface area contributed by atoms with Gasteiger partial charge >= 0.3 is 0 Å². The van der Waals surface area contributed by atoms with Crippen LogP contribution in [0, 0.1) is 11.8 Å². The summed E-state index contributed by atoms with van der Waals surface area (Å²) < 4.78 is 0.603. The minimum atomic E-state index is 0.603. The van der Waals surface area contributed by atoms with E-state index in [1.165, 1.54) is 11.2 Å². The molecule has 0 aromatic carbocycles. The fraction of sp³-hybridized carbons (Fsp3) is 0.333. The highest BCUT2D eigenvalue weighted by atomic mass is 16.3. The summed E-state index contributed by atoms with van der Waals surface area (Å²) in [6, 6.07) is 1.70. The van der Waals surface area contributed by atoms with E-state index in [1.807, 2.05) is 6.92 Å². The van der Waals surface area contributed by atoms with Crippen LogP contribution < -0.4 is 15.4 Å². The van der Waals surface area contributed by atoms with Gasteiger partial charge in [-0.2, -0.15) is 0 Å². The van der Waals surface area contributed by atoms with Gasteiger partial charge in [0.05, 0.1) is 4.91 Å². The summed E-state index contributed by atoms with van der Waals surface area (Å²) in [5, 5.41) is 3.90. The van der Waals surface area contributed by atoms with Crippen LogP contribution in [0.3, 0.4) is 0 Å². The fourth-order valence-corrected chi connectivity index (χ4v) is 0.845. The highest BCUT2D eigenvalue weighted by Crippen LogP contribution is 2.07. The van der Waals surface area contributed by atoms with E-state index in [2.05, 4.69) is 5.10 Å². The lowest BCUT2D eigenvalue weighted by Gasteiger charge is -2.09. The maximum Gasteiger partial charge on any atom is 0.257 e. The average Bonchev–Trinajstić information content (AvgIpc) is 1.94. The van der Waals surface area contributed by atoms with E-state index in [4.69, 9.17) is 5.84 Å². The zero-order valence-electron chi connectivity index (χ0n) is 6.53. The molecular weight excluding hydrogens is 144 g/mol. The second-order valence-electron chi connectivity index (χ2n) is 2.40. The van der Waals surface area contributed by atoms with Crippen LogP contribution in [0.2, 0.25) is 0 Å². The first-order chi connectivity index (χ1) is 5.11. The van der Waals surface area contributed by atoms with Crippen LogP contribution in [-0.4, -0.2) is 12.1 Å². The number of aromatic amines is 1. The lowest BCUT2D eigenvalue weighted by molar-refractivity contribution is -0.563. The van der Waals surface area contributed by atoms with Crippen LogP contribution in [0.4, 0.5) is 5.82 Å². The zero-order valence-corrected chi connectivity index (χ0v) is 6.53. The van der Waals surface area contributed by atoms with Crippen molar-refractivity contribution in [3.63, 3.8) is 0 Å². The number of aromatic nitrogens is 2. The number of aryl methyl sites for hydroxylation is 1. The minimum absolute atomic E-state index is 0.603. The van der Waals surface area contributed by atoms with E-state index in [0.717, 1.165) is 5.56 Å². The number of rotatable bonds is 1. The first-order valence-corrected chi connectivity index (χ1v) is 3.22. The summed E-state index contributed by atoms with van der Waals surface area (Å²) in [5.41, 5.74) is 0.933. The molecule has 0 unspecified atom stereocenters. The van der Waals surface area contributed by atoms with E-state index in [9.17, 15) is 4.91 Å². The van der Waals surface area contributed by atoms with Crippen LogP contribution in [0.15, 0.2) is 12.3 Å². The van der Waals surface area contributed by atoms with Crippen LogP contribution in [-0.2, 0) is 0 Å². The number of hydrogen-bond acceptors (Lipinski definition) is 3. The average molecular weight is 155 g/mol. The number of nitrogens with two attached hydrogens (primary N) is 1. The van der Waals surface area contributed by atoms with Gasteiger partial charge in [0.2, 0.25) is 0 Å². The van der Waals surface area contributed by atoms with E-state index in [1.54, 1.807) is 13.1 Å². The molecule has 0 aliphatic heterocycles. The molecule has 0 spiro atoms. The summed E-state index contributed by atoms with van der Waals surface area (Å²) in [5.74, 6) is 6.05. The summed E-state index contributed by atoms with van der Waals surface area (Å²) >= 11 is 0. The number of hydrogen-bond donors (Lipinski definition) is 2. The largest absolute Gasteiger partial charge is 0.295 e. The topological polar surface area (TPSA) is 68.0 Å². The molecule has 3 N–H and O–H groups in total. The molecule has 5 nitrogen and oxygen atoms in total. The first-order valence-electron chi connectivity index (χ1n) is 3.22. The Hall–Kier alpha value is -1.36. The number of hydrazine groups is 1. The first kappa shape index (κ1) is 7.74. The van der Waals surface area contributed by atoms with Crippen molar-refractivity contribution in [2.24, 2.45) is 5.84 Å². The van der Waals surface area contributed by atoms with Gasteiger partial charge in [-0.25, -0.2) is 5.84 Å². The Balaban J connectivity index is 3.23. The Bertz CT molecular complexity index is 304. The molecule has 1 aromatic rings. The summed E-state index contributed by atoms with van der Waals surface area (Å²) in [6.07, 6.45) is 1.39. The molecule has 0 aliphatic rings. The van der Waals surface area contributed by atoms with Crippen molar-refractivity contribution in [3.8, 4) is 0 Å². The number of anilines is 1. The molecule has 5 heteroatoms. The molecule has 1 heterocycles. The molecule has 0 atom stereocenters. The summed E-state index contributed by atoms with van der Waals surface area (Å²) in [4.78, 5) is 10.7. The zero-order chi connectivity index (χ0) is 8.43. The lowest BCUT2D eigenvalue weighted by Crippen LogP contribution is -2.31. The third kappa shape index (κ3) is 1.56. The number of H-pyrrole nitrogens is 1. The molecule has 0 fully saturated rings. The predicted octanol–water partition coefficient (Wildman–Crippen LogP) is -0.452. The van der Waals surface area contributed by atoms with Gasteiger partial charge in [0.25, 0.3) is 6.20 Å². The van der Waals surface area contributed by atoms with Crippen molar-refractivity contribution in [1.29, 1.82) is 0 Å². The van der Waals surface area contributed by atoms with Gasteiger partial charge < -0.3 is 0 Å². The van der Waals surface area contributed by atoms with Crippen molar-refractivity contribution in [3.05, 3.63) is 22.7 Å². The Labute approximate surface area is 64.0 Å². The molecular formula is C6H11N4O+. The molecule has 1 aromatic heterocycles. The Morgan fingerprint density at radius 3 is 2.82 bits per heavy atom. The van der Waals surface area contributed by atoms with Gasteiger partial charge in [-0.05, 0) is 6.92 Å². The summed E-state index contributed by atoms with van der Waals surface area (Å²) in [7, 11) is 1.67. The number of nitrogens with zero attached hydrogens (tertiary/aromatic N) is 2. The van der Waals surface area contributed by atoms with Gasteiger partial charge in [0, 0.05) is 18.7 Å². The maximum absolute atomic E-state index is 10.7. The highest BCUT2D eigenvalue weighted by Gasteiger charge is 2.04. The molecule has 60 valence electrons.